The fraction of sp³-hybridized carbons (Fsp3) is 0. The molecule has 0 aliphatic rings. The van der Waals surface area contributed by atoms with Crippen molar-refractivity contribution in [3.63, 3.8) is 0 Å². The van der Waals surface area contributed by atoms with Gasteiger partial charge in [-0.25, -0.2) is 4.98 Å². The van der Waals surface area contributed by atoms with Gasteiger partial charge in [-0.1, -0.05) is 24.3 Å². The fourth-order valence-corrected chi connectivity index (χ4v) is 4.19. The van der Waals surface area contributed by atoms with Crippen LogP contribution in [0.15, 0.2) is 82.0 Å². The smallest absolute Gasteiger partial charge is 0.291 e. The van der Waals surface area contributed by atoms with E-state index in [9.17, 15) is 14.7 Å². The minimum Gasteiger partial charge on any atom is -0.507 e. The molecule has 7 heteroatoms. The number of benzene rings is 3. The number of carbonyl (C=O) groups is 1. The average Bonchev–Trinajstić information content (AvgIpc) is 3.17. The topological polar surface area (TPSA) is 92.4 Å². The average molecular weight is 414 g/mol. The van der Waals surface area contributed by atoms with Gasteiger partial charge in [0.2, 0.25) is 0 Å². The molecule has 0 fully saturated rings. The number of nitrogens with one attached hydrogen (secondary N) is 1. The molecule has 2 aromatic heterocycles. The number of phenols is 1. The van der Waals surface area contributed by atoms with Gasteiger partial charge in [-0.15, -0.1) is 11.3 Å². The molecule has 0 saturated heterocycles. The molecule has 6 nitrogen and oxygen atoms in total. The Bertz CT molecular complexity index is 1450. The second kappa shape index (κ2) is 7.13. The van der Waals surface area contributed by atoms with Crippen LogP contribution in [-0.2, 0) is 0 Å². The predicted octanol–water partition coefficient (Wildman–Crippen LogP) is 5.03. The van der Waals surface area contributed by atoms with E-state index in [-0.39, 0.29) is 16.9 Å². The fourth-order valence-electron chi connectivity index (χ4n) is 3.19. The van der Waals surface area contributed by atoms with Crippen LogP contribution >= 0.6 is 11.3 Å². The number of hydrogen-bond acceptors (Lipinski definition) is 6. The van der Waals surface area contributed by atoms with Crippen molar-refractivity contribution in [2.45, 2.75) is 0 Å². The van der Waals surface area contributed by atoms with Crippen LogP contribution in [-0.4, -0.2) is 16.0 Å². The molecular formula is C23H14N2O4S. The monoisotopic (exact) mass is 414 g/mol. The molecule has 0 bridgehead atoms. The normalized spacial score (nSPS) is 11.1. The summed E-state index contributed by atoms with van der Waals surface area (Å²) >= 11 is 1.48. The van der Waals surface area contributed by atoms with Gasteiger partial charge in [0.25, 0.3) is 5.91 Å². The van der Waals surface area contributed by atoms with E-state index in [0.717, 1.165) is 16.3 Å². The molecule has 0 aliphatic carbocycles. The first-order valence-corrected chi connectivity index (χ1v) is 9.93. The minimum absolute atomic E-state index is 0.00757. The maximum absolute atomic E-state index is 12.6. The highest BCUT2D eigenvalue weighted by Crippen LogP contribution is 2.36. The molecule has 0 saturated carbocycles. The van der Waals surface area contributed by atoms with Crippen LogP contribution in [0.25, 0.3) is 31.8 Å². The lowest BCUT2D eigenvalue weighted by molar-refractivity contribution is 0.0997. The van der Waals surface area contributed by atoms with Crippen LogP contribution in [0, 0.1) is 0 Å². The van der Waals surface area contributed by atoms with Gasteiger partial charge in [-0.2, -0.15) is 0 Å². The van der Waals surface area contributed by atoms with E-state index in [1.54, 1.807) is 36.4 Å². The van der Waals surface area contributed by atoms with Crippen molar-refractivity contribution < 1.29 is 14.3 Å². The van der Waals surface area contributed by atoms with Crippen molar-refractivity contribution in [3.8, 4) is 16.3 Å². The van der Waals surface area contributed by atoms with Crippen LogP contribution < -0.4 is 10.7 Å². The maximum Gasteiger partial charge on any atom is 0.291 e. The number of amides is 1. The molecule has 146 valence electrons. The van der Waals surface area contributed by atoms with E-state index in [4.69, 9.17) is 4.42 Å². The van der Waals surface area contributed by atoms with Gasteiger partial charge in [0, 0.05) is 17.8 Å². The Morgan fingerprint density at radius 3 is 2.63 bits per heavy atom. The summed E-state index contributed by atoms with van der Waals surface area (Å²) in [5, 5.41) is 14.2. The summed E-state index contributed by atoms with van der Waals surface area (Å²) in [6.07, 6.45) is 0. The first-order chi connectivity index (χ1) is 14.6. The third kappa shape index (κ3) is 3.21. The first kappa shape index (κ1) is 18.1. The van der Waals surface area contributed by atoms with Crippen LogP contribution in [0.4, 0.5) is 5.69 Å². The molecule has 1 amide bonds. The van der Waals surface area contributed by atoms with Crippen molar-refractivity contribution >= 4 is 44.1 Å². The highest BCUT2D eigenvalue weighted by Gasteiger charge is 2.15. The molecule has 30 heavy (non-hydrogen) atoms. The molecule has 0 atom stereocenters. The number of aromatic nitrogens is 1. The zero-order valence-electron chi connectivity index (χ0n) is 15.5. The maximum atomic E-state index is 12.6. The van der Waals surface area contributed by atoms with Crippen LogP contribution in [0.3, 0.4) is 0 Å². The lowest BCUT2D eigenvalue weighted by atomic mass is 10.2. The zero-order valence-corrected chi connectivity index (χ0v) is 16.3. The number of thiazole rings is 1. The van der Waals surface area contributed by atoms with Gasteiger partial charge in [-0.05, 0) is 36.4 Å². The number of hydrogen-bond donors (Lipinski definition) is 2. The standard InChI is InChI=1S/C23H14N2O4S/c26-17-11-13(9-10-15(17)23-25-16-6-2-4-8-21(16)30-23)24-22(28)20-12-18(27)14-5-1-3-7-19(14)29-20/h1-12,26H,(H,24,28). The molecule has 0 aliphatic heterocycles. The third-order valence-electron chi connectivity index (χ3n) is 4.64. The largest absolute Gasteiger partial charge is 0.507 e. The van der Waals surface area contributed by atoms with Crippen molar-refractivity contribution in [2.24, 2.45) is 0 Å². The summed E-state index contributed by atoms with van der Waals surface area (Å²) in [4.78, 5) is 29.3. The number of phenolic OH excluding ortho intramolecular Hbond substituents is 1. The number of anilines is 1. The summed E-state index contributed by atoms with van der Waals surface area (Å²) in [7, 11) is 0. The van der Waals surface area contributed by atoms with Crippen LogP contribution in [0.1, 0.15) is 10.6 Å². The predicted molar refractivity (Wildman–Crippen MR) is 117 cm³/mol. The van der Waals surface area contributed by atoms with E-state index in [2.05, 4.69) is 10.3 Å². The number of rotatable bonds is 3. The summed E-state index contributed by atoms with van der Waals surface area (Å²) in [5.41, 5.74) is 1.85. The summed E-state index contributed by atoms with van der Waals surface area (Å²) in [6, 6.07) is 20.4. The molecule has 5 aromatic rings. The van der Waals surface area contributed by atoms with E-state index < -0.39 is 5.91 Å². The van der Waals surface area contributed by atoms with Crippen molar-refractivity contribution in [2.75, 3.05) is 5.32 Å². The minimum atomic E-state index is -0.579. The van der Waals surface area contributed by atoms with Gasteiger partial charge in [0.1, 0.15) is 16.3 Å². The van der Waals surface area contributed by atoms with E-state index in [1.807, 2.05) is 24.3 Å². The molecule has 0 unspecified atom stereocenters. The summed E-state index contributed by atoms with van der Waals surface area (Å²) < 4.78 is 6.57. The van der Waals surface area contributed by atoms with Crippen molar-refractivity contribution in [1.29, 1.82) is 0 Å². The van der Waals surface area contributed by atoms with E-state index >= 15 is 0 Å². The van der Waals surface area contributed by atoms with Gasteiger partial charge in [0.05, 0.1) is 21.2 Å². The Morgan fingerprint density at radius 1 is 1.00 bits per heavy atom. The molecule has 5 rings (SSSR count). The lowest BCUT2D eigenvalue weighted by Crippen LogP contribution is -2.14. The molecule has 0 radical (unpaired) electrons. The van der Waals surface area contributed by atoms with Crippen LogP contribution in [0.2, 0.25) is 0 Å². The summed E-state index contributed by atoms with van der Waals surface area (Å²) in [6.45, 7) is 0. The number of aromatic hydroxyl groups is 1. The SMILES string of the molecule is O=C(Nc1ccc(-c2nc3ccccc3s2)c(O)c1)c1cc(=O)c2ccccc2o1. The molecule has 2 N–H and O–H groups in total. The number of nitrogens with zero attached hydrogens (tertiary/aromatic N) is 1. The third-order valence-corrected chi connectivity index (χ3v) is 5.71. The van der Waals surface area contributed by atoms with Crippen molar-refractivity contribution in [1.82, 2.24) is 4.98 Å². The van der Waals surface area contributed by atoms with Gasteiger partial charge in [0.15, 0.2) is 11.2 Å². The number of fused-ring (bicyclic) bond motifs is 2. The second-order valence-corrected chi connectivity index (χ2v) is 7.67. The Balaban J connectivity index is 1.43. The summed E-state index contributed by atoms with van der Waals surface area (Å²) in [5.74, 6) is -0.690. The van der Waals surface area contributed by atoms with Gasteiger partial charge >= 0.3 is 0 Å². The van der Waals surface area contributed by atoms with Crippen LogP contribution in [0.5, 0.6) is 5.75 Å². The first-order valence-electron chi connectivity index (χ1n) is 9.12. The van der Waals surface area contributed by atoms with E-state index in [0.29, 0.717) is 27.2 Å². The van der Waals surface area contributed by atoms with Gasteiger partial charge in [-0.3, -0.25) is 9.59 Å². The quantitative estimate of drug-likeness (QED) is 0.432. The number of para-hydroxylation sites is 2. The Hall–Kier alpha value is -3.97. The second-order valence-electron chi connectivity index (χ2n) is 6.64. The number of carbonyl (C=O) groups excluding carboxylic acids is 1. The highest BCUT2D eigenvalue weighted by molar-refractivity contribution is 7.21. The Labute approximate surface area is 174 Å². The lowest BCUT2D eigenvalue weighted by Gasteiger charge is -2.08. The zero-order chi connectivity index (χ0) is 20.7. The van der Waals surface area contributed by atoms with E-state index in [1.165, 1.54) is 17.4 Å². The molecule has 0 spiro atoms. The van der Waals surface area contributed by atoms with Crippen molar-refractivity contribution in [3.05, 3.63) is 88.8 Å². The Morgan fingerprint density at radius 2 is 1.80 bits per heavy atom. The molecular weight excluding hydrogens is 400 g/mol. The van der Waals surface area contributed by atoms with Gasteiger partial charge < -0.3 is 14.8 Å². The molecule has 3 aromatic carbocycles. The highest BCUT2D eigenvalue weighted by atomic mass is 32.1. The molecule has 2 heterocycles. The Kier molecular flexibility index (Phi) is 4.30.